The van der Waals surface area contributed by atoms with E-state index >= 15 is 0 Å². The molecule has 1 aromatic rings. The fourth-order valence-corrected chi connectivity index (χ4v) is 3.17. The Morgan fingerprint density at radius 3 is 2.45 bits per heavy atom. The molecule has 0 radical (unpaired) electrons. The standard InChI is InChI=1S/C18H25NO3/c1-19(12-6-5-9-14-7-3-2-4-8-14)17(20)15-10-11-16(13-15)18(21)22/h2-4,7-8,15-16H,5-6,9-13H2,1H3,(H,21,22)/t15-,16+/m1/s1. The maximum absolute atomic E-state index is 12.3. The highest BCUT2D eigenvalue weighted by atomic mass is 16.4. The van der Waals surface area contributed by atoms with E-state index in [2.05, 4.69) is 12.1 Å². The van der Waals surface area contributed by atoms with Crippen LogP contribution in [0.15, 0.2) is 30.3 Å². The van der Waals surface area contributed by atoms with E-state index in [1.807, 2.05) is 25.2 Å². The molecule has 1 aromatic carbocycles. The Morgan fingerprint density at radius 1 is 1.14 bits per heavy atom. The second-order valence-corrected chi connectivity index (χ2v) is 6.25. The lowest BCUT2D eigenvalue weighted by Gasteiger charge is -2.21. The van der Waals surface area contributed by atoms with Crippen molar-refractivity contribution in [1.82, 2.24) is 4.90 Å². The van der Waals surface area contributed by atoms with Gasteiger partial charge in [0.2, 0.25) is 5.91 Å². The third-order valence-corrected chi connectivity index (χ3v) is 4.56. The van der Waals surface area contributed by atoms with Crippen molar-refractivity contribution in [3.8, 4) is 0 Å². The second-order valence-electron chi connectivity index (χ2n) is 6.25. The van der Waals surface area contributed by atoms with Gasteiger partial charge in [-0.05, 0) is 44.1 Å². The molecule has 0 aromatic heterocycles. The van der Waals surface area contributed by atoms with Crippen molar-refractivity contribution in [2.24, 2.45) is 11.8 Å². The van der Waals surface area contributed by atoms with Crippen molar-refractivity contribution in [3.05, 3.63) is 35.9 Å². The third kappa shape index (κ3) is 4.58. The number of aliphatic carboxylic acids is 1. The van der Waals surface area contributed by atoms with Crippen LogP contribution in [0.2, 0.25) is 0 Å². The van der Waals surface area contributed by atoms with E-state index < -0.39 is 5.97 Å². The van der Waals surface area contributed by atoms with E-state index in [1.165, 1.54) is 5.56 Å². The Labute approximate surface area is 132 Å². The predicted octanol–water partition coefficient (Wildman–Crippen LogP) is 2.97. The maximum Gasteiger partial charge on any atom is 0.306 e. The average Bonchev–Trinajstić information content (AvgIpc) is 3.02. The van der Waals surface area contributed by atoms with Crippen LogP contribution in [-0.4, -0.2) is 35.5 Å². The Bertz CT molecular complexity index is 500. The zero-order valence-corrected chi connectivity index (χ0v) is 13.2. The van der Waals surface area contributed by atoms with Gasteiger partial charge in [0.1, 0.15) is 0 Å². The van der Waals surface area contributed by atoms with Gasteiger partial charge in [-0.1, -0.05) is 30.3 Å². The van der Waals surface area contributed by atoms with Crippen LogP contribution in [0.4, 0.5) is 0 Å². The first-order valence-corrected chi connectivity index (χ1v) is 8.09. The number of nitrogens with zero attached hydrogens (tertiary/aromatic N) is 1. The molecule has 1 amide bonds. The third-order valence-electron chi connectivity index (χ3n) is 4.56. The van der Waals surface area contributed by atoms with Gasteiger partial charge in [-0.2, -0.15) is 0 Å². The summed E-state index contributed by atoms with van der Waals surface area (Å²) >= 11 is 0. The first-order chi connectivity index (χ1) is 10.6. The van der Waals surface area contributed by atoms with E-state index in [9.17, 15) is 9.59 Å². The largest absolute Gasteiger partial charge is 0.481 e. The molecule has 4 nitrogen and oxygen atoms in total. The molecule has 0 saturated heterocycles. The molecule has 0 spiro atoms. The van der Waals surface area contributed by atoms with Gasteiger partial charge in [0.15, 0.2) is 0 Å². The van der Waals surface area contributed by atoms with Gasteiger partial charge in [-0.25, -0.2) is 0 Å². The van der Waals surface area contributed by atoms with E-state index in [-0.39, 0.29) is 17.7 Å². The van der Waals surface area contributed by atoms with Gasteiger partial charge in [0, 0.05) is 19.5 Å². The number of carbonyl (C=O) groups is 2. The number of carboxylic acid groups (broad SMARTS) is 1. The Kier molecular flexibility index (Phi) is 5.99. The molecule has 1 aliphatic rings. The number of carbonyl (C=O) groups excluding carboxylic acids is 1. The van der Waals surface area contributed by atoms with Gasteiger partial charge >= 0.3 is 5.97 Å². The van der Waals surface area contributed by atoms with E-state index in [0.717, 1.165) is 25.8 Å². The number of hydrogen-bond acceptors (Lipinski definition) is 2. The SMILES string of the molecule is CN(CCCCc1ccccc1)C(=O)[C@@H]1CC[C@H](C(=O)O)C1. The molecule has 2 atom stereocenters. The monoisotopic (exact) mass is 303 g/mol. The van der Waals surface area contributed by atoms with Crippen molar-refractivity contribution in [2.45, 2.75) is 38.5 Å². The molecule has 0 aliphatic heterocycles. The highest BCUT2D eigenvalue weighted by molar-refractivity contribution is 5.80. The summed E-state index contributed by atoms with van der Waals surface area (Å²) in [5.41, 5.74) is 1.33. The van der Waals surface area contributed by atoms with Crippen molar-refractivity contribution < 1.29 is 14.7 Å². The smallest absolute Gasteiger partial charge is 0.306 e. The summed E-state index contributed by atoms with van der Waals surface area (Å²) in [4.78, 5) is 25.0. The van der Waals surface area contributed by atoms with Gasteiger partial charge in [-0.3, -0.25) is 9.59 Å². The van der Waals surface area contributed by atoms with E-state index in [0.29, 0.717) is 19.3 Å². The highest BCUT2D eigenvalue weighted by Crippen LogP contribution is 2.32. The number of hydrogen-bond donors (Lipinski definition) is 1. The normalized spacial score (nSPS) is 20.8. The molecular weight excluding hydrogens is 278 g/mol. The van der Waals surface area contributed by atoms with Crippen LogP contribution in [0.25, 0.3) is 0 Å². The minimum absolute atomic E-state index is 0.0970. The second kappa shape index (κ2) is 7.97. The zero-order chi connectivity index (χ0) is 15.9. The highest BCUT2D eigenvalue weighted by Gasteiger charge is 2.34. The van der Waals surface area contributed by atoms with Crippen LogP contribution < -0.4 is 0 Å². The summed E-state index contributed by atoms with van der Waals surface area (Å²) in [5.74, 6) is -1.08. The quantitative estimate of drug-likeness (QED) is 0.788. The number of rotatable bonds is 7. The summed E-state index contributed by atoms with van der Waals surface area (Å²) in [6.45, 7) is 0.750. The van der Waals surface area contributed by atoms with Crippen LogP contribution >= 0.6 is 0 Å². The lowest BCUT2D eigenvalue weighted by molar-refractivity contribution is -0.141. The van der Waals surface area contributed by atoms with Crippen LogP contribution in [0.1, 0.15) is 37.7 Å². The summed E-state index contributed by atoms with van der Waals surface area (Å²) in [7, 11) is 1.83. The maximum atomic E-state index is 12.3. The topological polar surface area (TPSA) is 57.6 Å². The molecule has 0 heterocycles. The number of unbranched alkanes of at least 4 members (excludes halogenated alkanes) is 1. The van der Waals surface area contributed by atoms with Gasteiger partial charge in [0.05, 0.1) is 5.92 Å². The number of aryl methyl sites for hydroxylation is 1. The average molecular weight is 303 g/mol. The number of carboxylic acids is 1. The molecule has 1 N–H and O–H groups in total. The summed E-state index contributed by atoms with van der Waals surface area (Å²) in [6.07, 6.45) is 4.92. The Balaban J connectivity index is 1.67. The van der Waals surface area contributed by atoms with Crippen LogP contribution in [-0.2, 0) is 16.0 Å². The van der Waals surface area contributed by atoms with Crippen LogP contribution in [0, 0.1) is 11.8 Å². The number of amides is 1. The molecule has 0 bridgehead atoms. The molecule has 4 heteroatoms. The molecule has 22 heavy (non-hydrogen) atoms. The minimum atomic E-state index is -0.763. The minimum Gasteiger partial charge on any atom is -0.481 e. The van der Waals surface area contributed by atoms with Crippen molar-refractivity contribution in [2.75, 3.05) is 13.6 Å². The summed E-state index contributed by atoms with van der Waals surface area (Å²) in [5, 5.41) is 9.01. The van der Waals surface area contributed by atoms with Crippen molar-refractivity contribution in [1.29, 1.82) is 0 Å². The molecular formula is C18H25NO3. The fourth-order valence-electron chi connectivity index (χ4n) is 3.17. The van der Waals surface area contributed by atoms with Crippen LogP contribution in [0.5, 0.6) is 0 Å². The molecule has 1 aliphatic carbocycles. The lowest BCUT2D eigenvalue weighted by Crippen LogP contribution is -2.33. The summed E-state index contributed by atoms with van der Waals surface area (Å²) < 4.78 is 0. The van der Waals surface area contributed by atoms with Crippen LogP contribution in [0.3, 0.4) is 0 Å². The van der Waals surface area contributed by atoms with Gasteiger partial charge < -0.3 is 10.0 Å². The first-order valence-electron chi connectivity index (χ1n) is 8.09. The Morgan fingerprint density at radius 2 is 1.82 bits per heavy atom. The molecule has 0 unspecified atom stereocenters. The van der Waals surface area contributed by atoms with Crippen molar-refractivity contribution >= 4 is 11.9 Å². The summed E-state index contributed by atoms with van der Waals surface area (Å²) in [6, 6.07) is 10.4. The molecule has 2 rings (SSSR count). The van der Waals surface area contributed by atoms with E-state index in [4.69, 9.17) is 5.11 Å². The number of benzene rings is 1. The predicted molar refractivity (Wildman–Crippen MR) is 85.5 cm³/mol. The van der Waals surface area contributed by atoms with E-state index in [1.54, 1.807) is 4.90 Å². The van der Waals surface area contributed by atoms with Gasteiger partial charge in [-0.15, -0.1) is 0 Å². The first kappa shape index (κ1) is 16.5. The fraction of sp³-hybridized carbons (Fsp3) is 0.556. The molecule has 1 saturated carbocycles. The van der Waals surface area contributed by atoms with Crippen molar-refractivity contribution in [3.63, 3.8) is 0 Å². The Hall–Kier alpha value is -1.84. The molecule has 1 fully saturated rings. The molecule has 120 valence electrons. The lowest BCUT2D eigenvalue weighted by atomic mass is 10.0. The zero-order valence-electron chi connectivity index (χ0n) is 13.2. The van der Waals surface area contributed by atoms with Gasteiger partial charge in [0.25, 0.3) is 0 Å².